The summed E-state index contributed by atoms with van der Waals surface area (Å²) in [6.45, 7) is 0. The van der Waals surface area contributed by atoms with Gasteiger partial charge in [0.25, 0.3) is 0 Å². The monoisotopic (exact) mass is 452 g/mol. The summed E-state index contributed by atoms with van der Waals surface area (Å²) in [5, 5.41) is 18.9. The number of urea groups is 1. The molecule has 8 nitrogen and oxygen atoms in total. The first-order chi connectivity index (χ1) is 15.2. The first-order valence-corrected chi connectivity index (χ1v) is 10.5. The number of carboxylic acids is 1. The molecule has 2 aromatic rings. The van der Waals surface area contributed by atoms with Crippen LogP contribution in [0.25, 0.3) is 10.9 Å². The number of amides is 3. The number of hydrogen-bond donors (Lipinski definition) is 3. The van der Waals surface area contributed by atoms with Crippen LogP contribution in [-0.4, -0.2) is 56.4 Å². The first kappa shape index (κ1) is 22.1. The lowest BCUT2D eigenvalue weighted by atomic mass is 9.81. The fraction of sp³-hybridized carbons (Fsp3) is 0.524. The van der Waals surface area contributed by atoms with Gasteiger partial charge in [-0.1, -0.05) is 31.4 Å². The van der Waals surface area contributed by atoms with E-state index in [0.717, 1.165) is 6.42 Å². The van der Waals surface area contributed by atoms with Crippen LogP contribution < -0.4 is 5.32 Å². The summed E-state index contributed by atoms with van der Waals surface area (Å²) in [6.07, 6.45) is -0.374. The Morgan fingerprint density at radius 3 is 2.62 bits per heavy atom. The maximum absolute atomic E-state index is 13.6. The van der Waals surface area contributed by atoms with E-state index >= 15 is 0 Å². The van der Waals surface area contributed by atoms with Gasteiger partial charge in [0.2, 0.25) is 5.91 Å². The van der Waals surface area contributed by atoms with Crippen LogP contribution in [0.2, 0.25) is 0 Å². The SMILES string of the molecule is O=C(O)[C@@H]1[C@@H](Cc2cccc3[nH]ncc23)C(=O)N1C(=O)NC(C1CCCCC1)C(F)(F)F. The van der Waals surface area contributed by atoms with Crippen molar-refractivity contribution in [3.05, 3.63) is 30.0 Å². The van der Waals surface area contributed by atoms with Crippen LogP contribution in [0.3, 0.4) is 0 Å². The average Bonchev–Trinajstić information content (AvgIpc) is 3.22. The highest BCUT2D eigenvalue weighted by Gasteiger charge is 2.56. The number of H-pyrrole nitrogens is 1. The Morgan fingerprint density at radius 2 is 1.97 bits per heavy atom. The van der Waals surface area contributed by atoms with E-state index in [0.29, 0.717) is 47.0 Å². The van der Waals surface area contributed by atoms with Crippen LogP contribution >= 0.6 is 0 Å². The van der Waals surface area contributed by atoms with Crippen LogP contribution in [0.5, 0.6) is 0 Å². The zero-order chi connectivity index (χ0) is 23.0. The molecule has 1 saturated carbocycles. The van der Waals surface area contributed by atoms with Crippen molar-refractivity contribution in [2.45, 2.75) is 56.8 Å². The molecule has 1 unspecified atom stereocenters. The highest BCUT2D eigenvalue weighted by atomic mass is 19.4. The summed E-state index contributed by atoms with van der Waals surface area (Å²) in [4.78, 5) is 37.6. The molecule has 1 aromatic carbocycles. The fourth-order valence-corrected chi connectivity index (χ4v) is 4.84. The number of aliphatic carboxylic acids is 1. The first-order valence-electron chi connectivity index (χ1n) is 10.5. The smallest absolute Gasteiger partial charge is 0.408 e. The molecule has 32 heavy (non-hydrogen) atoms. The normalized spacial score (nSPS) is 23.1. The fourth-order valence-electron chi connectivity index (χ4n) is 4.84. The molecule has 2 heterocycles. The molecule has 3 N–H and O–H groups in total. The van der Waals surface area contributed by atoms with Gasteiger partial charge in [0.05, 0.1) is 17.6 Å². The second-order valence-electron chi connectivity index (χ2n) is 8.42. The van der Waals surface area contributed by atoms with E-state index in [9.17, 15) is 32.7 Å². The Labute approximate surface area is 181 Å². The number of benzene rings is 1. The maximum Gasteiger partial charge on any atom is 0.408 e. The number of nitrogens with one attached hydrogen (secondary N) is 2. The molecule has 1 saturated heterocycles. The van der Waals surface area contributed by atoms with Crippen molar-refractivity contribution in [1.29, 1.82) is 0 Å². The van der Waals surface area contributed by atoms with Gasteiger partial charge < -0.3 is 10.4 Å². The lowest BCUT2D eigenvalue weighted by molar-refractivity contribution is -0.172. The molecular formula is C21H23F3N4O4. The van der Waals surface area contributed by atoms with Crippen LogP contribution in [0.4, 0.5) is 18.0 Å². The molecule has 0 radical (unpaired) electrons. The third kappa shape index (κ3) is 4.03. The quantitative estimate of drug-likeness (QED) is 0.603. The van der Waals surface area contributed by atoms with Crippen LogP contribution in [0.1, 0.15) is 37.7 Å². The van der Waals surface area contributed by atoms with Gasteiger partial charge in [-0.2, -0.15) is 18.3 Å². The van der Waals surface area contributed by atoms with Gasteiger partial charge in [0.1, 0.15) is 6.04 Å². The molecule has 1 aromatic heterocycles. The molecule has 3 amide bonds. The Hall–Kier alpha value is -3.11. The summed E-state index contributed by atoms with van der Waals surface area (Å²) in [5.41, 5.74) is 1.37. The molecule has 2 fully saturated rings. The third-order valence-corrected chi connectivity index (χ3v) is 6.45. The molecule has 1 aliphatic heterocycles. The Bertz CT molecular complexity index is 1030. The molecule has 3 atom stereocenters. The van der Waals surface area contributed by atoms with Gasteiger partial charge in [-0.3, -0.25) is 9.89 Å². The number of carboxylic acid groups (broad SMARTS) is 1. The number of alkyl halides is 3. The largest absolute Gasteiger partial charge is 0.480 e. The van der Waals surface area contributed by atoms with Gasteiger partial charge >= 0.3 is 18.2 Å². The summed E-state index contributed by atoms with van der Waals surface area (Å²) in [6, 6.07) is 0.243. The Kier molecular flexibility index (Phi) is 5.83. The van der Waals surface area contributed by atoms with E-state index in [-0.39, 0.29) is 6.42 Å². The predicted molar refractivity (Wildman–Crippen MR) is 107 cm³/mol. The second kappa shape index (κ2) is 8.44. The standard InChI is InChI=1S/C21H23F3N4O4/c22-21(23,24)17(11-5-2-1-3-6-11)26-20(32)28-16(19(30)31)13(18(28)29)9-12-7-4-8-15-14(12)10-25-27-15/h4,7-8,10-11,13,16-17H,1-3,5-6,9H2,(H,25,27)(H,26,32)(H,30,31)/t13-,16+,17?/m1/s1. The number of halogens is 3. The van der Waals surface area contributed by atoms with Crippen molar-refractivity contribution >= 4 is 28.8 Å². The number of carbonyl (C=O) groups is 3. The van der Waals surface area contributed by atoms with Crippen LogP contribution in [0.15, 0.2) is 24.4 Å². The Morgan fingerprint density at radius 1 is 1.25 bits per heavy atom. The van der Waals surface area contributed by atoms with Crippen molar-refractivity contribution in [2.75, 3.05) is 0 Å². The van der Waals surface area contributed by atoms with Gasteiger partial charge in [0.15, 0.2) is 6.04 Å². The van der Waals surface area contributed by atoms with Crippen LogP contribution in [-0.2, 0) is 16.0 Å². The minimum atomic E-state index is -4.69. The highest BCUT2D eigenvalue weighted by molar-refractivity contribution is 6.07. The molecule has 0 spiro atoms. The molecular weight excluding hydrogens is 429 g/mol. The summed E-state index contributed by atoms with van der Waals surface area (Å²) in [5.74, 6) is -4.09. The van der Waals surface area contributed by atoms with E-state index in [1.165, 1.54) is 0 Å². The number of nitrogens with zero attached hydrogens (tertiary/aromatic N) is 2. The summed E-state index contributed by atoms with van der Waals surface area (Å²) in [7, 11) is 0. The van der Waals surface area contributed by atoms with Crippen molar-refractivity contribution in [2.24, 2.45) is 11.8 Å². The molecule has 0 bridgehead atoms. The number of hydrogen-bond acceptors (Lipinski definition) is 4. The topological polar surface area (TPSA) is 115 Å². The van der Waals surface area contributed by atoms with E-state index in [1.807, 2.05) is 5.32 Å². The number of fused-ring (bicyclic) bond motifs is 1. The average molecular weight is 452 g/mol. The summed E-state index contributed by atoms with van der Waals surface area (Å²) < 4.78 is 40.9. The zero-order valence-corrected chi connectivity index (χ0v) is 17.1. The minimum absolute atomic E-state index is 0.0295. The molecule has 1 aliphatic carbocycles. The highest BCUT2D eigenvalue weighted by Crippen LogP contribution is 2.36. The number of imide groups is 1. The van der Waals surface area contributed by atoms with E-state index in [2.05, 4.69) is 10.2 Å². The van der Waals surface area contributed by atoms with Crippen molar-refractivity contribution in [3.8, 4) is 0 Å². The van der Waals surface area contributed by atoms with E-state index in [1.54, 1.807) is 24.4 Å². The van der Waals surface area contributed by atoms with E-state index < -0.39 is 48.0 Å². The molecule has 2 aliphatic rings. The van der Waals surface area contributed by atoms with Gasteiger partial charge in [0, 0.05) is 5.39 Å². The third-order valence-electron chi connectivity index (χ3n) is 6.45. The second-order valence-corrected chi connectivity index (χ2v) is 8.42. The zero-order valence-electron chi connectivity index (χ0n) is 17.1. The van der Waals surface area contributed by atoms with Crippen molar-refractivity contribution < 1.29 is 32.7 Å². The number of β-lactam (4-membered cyclic amide) rings is 1. The van der Waals surface area contributed by atoms with E-state index in [4.69, 9.17) is 0 Å². The van der Waals surface area contributed by atoms with Gasteiger partial charge in [-0.25, -0.2) is 14.5 Å². The molecule has 11 heteroatoms. The molecule has 172 valence electrons. The van der Waals surface area contributed by atoms with Crippen molar-refractivity contribution in [3.63, 3.8) is 0 Å². The molecule has 4 rings (SSSR count). The summed E-state index contributed by atoms with van der Waals surface area (Å²) >= 11 is 0. The number of aromatic nitrogens is 2. The predicted octanol–water partition coefficient (Wildman–Crippen LogP) is 3.24. The lowest BCUT2D eigenvalue weighted by Gasteiger charge is -2.44. The number of aromatic amines is 1. The lowest BCUT2D eigenvalue weighted by Crippen LogP contribution is -2.70. The number of likely N-dealkylation sites (tertiary alicyclic amines) is 1. The van der Waals surface area contributed by atoms with Crippen LogP contribution in [0, 0.1) is 11.8 Å². The Balaban J connectivity index is 1.51. The number of rotatable bonds is 5. The van der Waals surface area contributed by atoms with Crippen molar-refractivity contribution in [1.82, 2.24) is 20.4 Å². The van der Waals surface area contributed by atoms with Gasteiger partial charge in [-0.05, 0) is 36.8 Å². The minimum Gasteiger partial charge on any atom is -0.480 e. The number of carbonyl (C=O) groups excluding carboxylic acids is 2. The van der Waals surface area contributed by atoms with Gasteiger partial charge in [-0.15, -0.1) is 0 Å². The maximum atomic E-state index is 13.6.